The lowest BCUT2D eigenvalue weighted by Gasteiger charge is -1.93. The van der Waals surface area contributed by atoms with Gasteiger partial charge in [-0.05, 0) is 34.1 Å². The van der Waals surface area contributed by atoms with Gasteiger partial charge < -0.3 is 0 Å². The highest BCUT2D eigenvalue weighted by Crippen LogP contribution is 2.20. The van der Waals surface area contributed by atoms with Crippen molar-refractivity contribution in [1.82, 2.24) is 0 Å². The third kappa shape index (κ3) is 1.59. The van der Waals surface area contributed by atoms with Gasteiger partial charge in [0.15, 0.2) is 0 Å². The van der Waals surface area contributed by atoms with Gasteiger partial charge in [-0.2, -0.15) is 5.26 Å². The van der Waals surface area contributed by atoms with E-state index in [-0.39, 0.29) is 32.6 Å². The molecule has 0 radical (unpaired) electrons. The normalized spacial score (nSPS) is 13.1. The Kier molecular flexibility index (Phi) is 1.44. The summed E-state index contributed by atoms with van der Waals surface area (Å²) in [5.74, 6) is 0. The number of benzene rings is 1. The van der Waals surface area contributed by atoms with Crippen molar-refractivity contribution in [3.63, 3.8) is 0 Å². The van der Waals surface area contributed by atoms with E-state index in [2.05, 4.69) is 31.9 Å². The summed E-state index contributed by atoms with van der Waals surface area (Å²) in [4.78, 5) is 0. The first kappa shape index (κ1) is 4.53. The van der Waals surface area contributed by atoms with Crippen molar-refractivity contribution >= 4 is 31.9 Å². The highest BCUT2D eigenvalue weighted by molar-refractivity contribution is 9.11. The van der Waals surface area contributed by atoms with Gasteiger partial charge in [0, 0.05) is 8.95 Å². The molecular weight excluding hydrogens is 258 g/mol. The van der Waals surface area contributed by atoms with Crippen molar-refractivity contribution in [1.29, 1.82) is 5.26 Å². The van der Waals surface area contributed by atoms with Crippen molar-refractivity contribution in [2.24, 2.45) is 0 Å². The molecule has 1 aromatic carbocycles. The van der Waals surface area contributed by atoms with Crippen molar-refractivity contribution in [3.05, 3.63) is 32.6 Å². The molecule has 1 aromatic rings. The Bertz CT molecular complexity index is 382. The summed E-state index contributed by atoms with van der Waals surface area (Å²) in [6.07, 6.45) is 0. The Morgan fingerprint density at radius 3 is 2.80 bits per heavy atom. The van der Waals surface area contributed by atoms with Gasteiger partial charge in [-0.25, -0.2) is 0 Å². The van der Waals surface area contributed by atoms with Gasteiger partial charge in [-0.3, -0.25) is 0 Å². The average Bonchev–Trinajstić information content (AvgIpc) is 2.13. The van der Waals surface area contributed by atoms with Crippen LogP contribution in [0, 0.1) is 11.3 Å². The second-order valence-electron chi connectivity index (χ2n) is 1.49. The van der Waals surface area contributed by atoms with Crippen LogP contribution in [-0.2, 0) is 0 Å². The molecule has 0 bridgehead atoms. The van der Waals surface area contributed by atoms with E-state index >= 15 is 0 Å². The van der Waals surface area contributed by atoms with Crippen LogP contribution in [0.1, 0.15) is 9.68 Å². The van der Waals surface area contributed by atoms with Crippen LogP contribution in [0.25, 0.3) is 0 Å². The van der Waals surface area contributed by atoms with Crippen molar-refractivity contribution < 1.29 is 4.11 Å². The molecule has 1 rings (SSSR count). The van der Waals surface area contributed by atoms with Gasteiger partial charge in [0.05, 0.1) is 9.68 Å². The Labute approximate surface area is 80.1 Å². The maximum absolute atomic E-state index is 8.66. The van der Waals surface area contributed by atoms with Crippen LogP contribution in [0.4, 0.5) is 0 Å². The SMILES string of the molecule is [2H]c1c([2H])c(C#N)c(Br)c([2H])c1Br. The third-order valence-corrected chi connectivity index (χ3v) is 1.84. The Balaban J connectivity index is 3.69. The summed E-state index contributed by atoms with van der Waals surface area (Å²) < 4.78 is 22.8. The summed E-state index contributed by atoms with van der Waals surface area (Å²) in [5, 5.41) is 8.66. The molecule has 0 N–H and O–H groups in total. The minimum atomic E-state index is -0.169. The lowest BCUT2D eigenvalue weighted by atomic mass is 10.2. The average molecular weight is 264 g/mol. The third-order valence-electron chi connectivity index (χ3n) is 0.848. The molecule has 0 spiro atoms. The molecule has 0 amide bonds. The number of hydrogen-bond donors (Lipinski definition) is 0. The Morgan fingerprint density at radius 1 is 1.50 bits per heavy atom. The minimum absolute atomic E-state index is 0.0255. The second-order valence-corrected chi connectivity index (χ2v) is 3.08. The molecule has 0 aliphatic carbocycles. The zero-order valence-electron chi connectivity index (χ0n) is 7.70. The largest absolute Gasteiger partial charge is 0.192 e. The van der Waals surface area contributed by atoms with E-state index < -0.39 is 0 Å². The molecule has 1 nitrogen and oxygen atoms in total. The monoisotopic (exact) mass is 262 g/mol. The molecule has 0 unspecified atom stereocenters. The predicted molar refractivity (Wildman–Crippen MR) is 46.6 cm³/mol. The molecular formula is C7H3Br2N. The first-order valence-corrected chi connectivity index (χ1v) is 3.94. The molecule has 0 aliphatic heterocycles. The quantitative estimate of drug-likeness (QED) is 0.706. The summed E-state index contributed by atoms with van der Waals surface area (Å²) in [7, 11) is 0. The second kappa shape index (κ2) is 3.18. The maximum atomic E-state index is 8.66. The predicted octanol–water partition coefficient (Wildman–Crippen LogP) is 3.08. The molecule has 50 valence electrons. The Morgan fingerprint density at radius 2 is 2.20 bits per heavy atom. The molecule has 10 heavy (non-hydrogen) atoms. The van der Waals surface area contributed by atoms with Crippen LogP contribution >= 0.6 is 31.9 Å². The summed E-state index contributed by atoms with van der Waals surface area (Å²) in [6.45, 7) is 0. The topological polar surface area (TPSA) is 23.8 Å². The maximum Gasteiger partial charge on any atom is 0.100 e. The van der Waals surface area contributed by atoms with Crippen molar-refractivity contribution in [3.8, 4) is 6.07 Å². The number of halogens is 2. The lowest BCUT2D eigenvalue weighted by molar-refractivity contribution is 1.46. The van der Waals surface area contributed by atoms with Gasteiger partial charge in [0.25, 0.3) is 0 Å². The molecule has 0 fully saturated rings. The van der Waals surface area contributed by atoms with E-state index in [1.54, 1.807) is 6.07 Å². The van der Waals surface area contributed by atoms with Gasteiger partial charge in [-0.15, -0.1) is 0 Å². The van der Waals surface area contributed by atoms with Crippen LogP contribution < -0.4 is 0 Å². The standard InChI is InChI=1S/C7H3Br2N/c8-6-2-1-5(4-10)7(9)3-6/h1-3H/i1D,2D,3D. The molecule has 3 heteroatoms. The fourth-order valence-corrected chi connectivity index (χ4v) is 1.39. The van der Waals surface area contributed by atoms with Crippen LogP contribution in [-0.4, -0.2) is 0 Å². The van der Waals surface area contributed by atoms with Gasteiger partial charge in [0.1, 0.15) is 6.07 Å². The van der Waals surface area contributed by atoms with Gasteiger partial charge >= 0.3 is 0 Å². The first-order chi connectivity index (χ1) is 6.00. The van der Waals surface area contributed by atoms with E-state index in [1.165, 1.54) is 0 Å². The van der Waals surface area contributed by atoms with E-state index in [4.69, 9.17) is 9.37 Å². The van der Waals surface area contributed by atoms with Crippen LogP contribution in [0.2, 0.25) is 0 Å². The van der Waals surface area contributed by atoms with Gasteiger partial charge in [0.2, 0.25) is 0 Å². The fraction of sp³-hybridized carbons (Fsp3) is 0. The molecule has 0 saturated heterocycles. The minimum Gasteiger partial charge on any atom is -0.192 e. The number of nitrogens with zero attached hydrogens (tertiary/aromatic N) is 1. The van der Waals surface area contributed by atoms with Crippen LogP contribution in [0.5, 0.6) is 0 Å². The lowest BCUT2D eigenvalue weighted by Crippen LogP contribution is -1.75. The molecule has 0 heterocycles. The number of nitriles is 1. The van der Waals surface area contributed by atoms with Crippen molar-refractivity contribution in [2.45, 2.75) is 0 Å². The van der Waals surface area contributed by atoms with E-state index in [1.807, 2.05) is 0 Å². The summed E-state index contributed by atoms with van der Waals surface area (Å²) in [5.41, 5.74) is 0.0261. The highest BCUT2D eigenvalue weighted by Gasteiger charge is 1.96. The first-order valence-electron chi connectivity index (χ1n) is 3.85. The van der Waals surface area contributed by atoms with E-state index in [0.717, 1.165) is 0 Å². The van der Waals surface area contributed by atoms with Gasteiger partial charge in [-0.1, -0.05) is 15.9 Å². The molecule has 0 aromatic heterocycles. The van der Waals surface area contributed by atoms with Crippen LogP contribution in [0.3, 0.4) is 0 Å². The highest BCUT2D eigenvalue weighted by atomic mass is 79.9. The Hall–Kier alpha value is -0.330. The fourth-order valence-electron chi connectivity index (χ4n) is 0.439. The molecule has 0 saturated carbocycles. The molecule has 0 atom stereocenters. The zero-order valence-corrected chi connectivity index (χ0v) is 7.88. The van der Waals surface area contributed by atoms with E-state index in [0.29, 0.717) is 0 Å². The summed E-state index contributed by atoms with van der Waals surface area (Å²) in [6, 6.07) is 1.50. The van der Waals surface area contributed by atoms with Crippen molar-refractivity contribution in [2.75, 3.05) is 0 Å². The number of hydrogen-bond acceptors (Lipinski definition) is 1. The van der Waals surface area contributed by atoms with E-state index in [9.17, 15) is 0 Å². The smallest absolute Gasteiger partial charge is 0.100 e. The van der Waals surface area contributed by atoms with Crippen LogP contribution in [0.15, 0.2) is 27.1 Å². The molecule has 0 aliphatic rings. The summed E-state index contributed by atoms with van der Waals surface area (Å²) >= 11 is 6.04. The zero-order chi connectivity index (χ0) is 10.2. The number of rotatable bonds is 0.